The summed E-state index contributed by atoms with van der Waals surface area (Å²) in [5, 5.41) is 109. The summed E-state index contributed by atoms with van der Waals surface area (Å²) < 4.78 is 44.2. The smallest absolute Gasteiger partial charge is 0.187 e. The van der Waals surface area contributed by atoms with Gasteiger partial charge >= 0.3 is 0 Å². The van der Waals surface area contributed by atoms with Crippen molar-refractivity contribution in [1.29, 1.82) is 0 Å². The van der Waals surface area contributed by atoms with Crippen LogP contribution in [0.15, 0.2) is 0 Å². The Balaban J connectivity index is 1.01. The number of fused-ring (bicyclic) bond motifs is 2. The summed E-state index contributed by atoms with van der Waals surface area (Å²) in [5.74, 6) is -0.0319. The highest BCUT2D eigenvalue weighted by molar-refractivity contribution is 5.31. The van der Waals surface area contributed by atoms with Gasteiger partial charge in [0.2, 0.25) is 0 Å². The molecule has 0 aromatic heterocycles. The zero-order valence-electron chi connectivity index (χ0n) is 37.2. The zero-order valence-corrected chi connectivity index (χ0v) is 37.2. The van der Waals surface area contributed by atoms with Crippen molar-refractivity contribution >= 4 is 0 Å². The molecule has 5 saturated carbocycles. The standard InChI is InChI=1S/C45H74O17/c1-19-28(49)31(52)33(54)38(58-19)61-34-30(51)24(48)17-57-39(34)60-26-9-11-45-18-44(45)13-12-42(6)20(14-22(46)35(42)43(7)10-8-27(62-43)41(4,5)55)21(44)15-25(36(45)40(26,2)3)59-37-32(53)29(50)23(47)16-56-37/h19-39,46-55H,8-18H2,1-7H3/t19-,20-,21-,22-,23+,24+,25-,26-,27-,28-,29-,30-,31+,32+,33+,34+,35-,36-,37-,38-,39-,42-,43+,44-,45+/m0/s1. The van der Waals surface area contributed by atoms with Gasteiger partial charge in [0.1, 0.15) is 54.9 Å². The lowest BCUT2D eigenvalue weighted by molar-refractivity contribution is -0.365. The fourth-order valence-electron chi connectivity index (χ4n) is 15.5. The van der Waals surface area contributed by atoms with E-state index in [1.165, 1.54) is 6.92 Å². The molecule has 0 radical (unpaired) electrons. The minimum atomic E-state index is -1.66. The van der Waals surface area contributed by atoms with E-state index in [1.54, 1.807) is 13.8 Å². The summed E-state index contributed by atoms with van der Waals surface area (Å²) in [7, 11) is 0. The van der Waals surface area contributed by atoms with E-state index in [1.807, 2.05) is 0 Å². The molecule has 356 valence electrons. The van der Waals surface area contributed by atoms with E-state index >= 15 is 0 Å². The Bertz CT molecular complexity index is 1650. The topological polar surface area (TPSA) is 267 Å². The first-order valence-corrected chi connectivity index (χ1v) is 23.3. The van der Waals surface area contributed by atoms with Gasteiger partial charge in [-0.15, -0.1) is 0 Å². The van der Waals surface area contributed by atoms with Crippen LogP contribution in [0.4, 0.5) is 0 Å². The van der Waals surface area contributed by atoms with Crippen LogP contribution in [0.1, 0.15) is 106 Å². The average Bonchev–Trinajstić information content (AvgIpc) is 3.51. The molecule has 4 heterocycles. The van der Waals surface area contributed by atoms with E-state index in [2.05, 4.69) is 27.7 Å². The molecule has 9 rings (SSSR count). The second kappa shape index (κ2) is 15.7. The molecule has 0 aromatic rings. The van der Waals surface area contributed by atoms with Crippen LogP contribution < -0.4 is 0 Å². The van der Waals surface area contributed by atoms with Crippen LogP contribution in [-0.4, -0.2) is 180 Å². The lowest BCUT2D eigenvalue weighted by atomic mass is 9.45. The highest BCUT2D eigenvalue weighted by atomic mass is 16.8. The molecule has 4 aliphatic heterocycles. The Hall–Kier alpha value is -0.680. The molecule has 0 bridgehead atoms. The van der Waals surface area contributed by atoms with Gasteiger partial charge < -0.3 is 84.2 Å². The Morgan fingerprint density at radius 1 is 0.597 bits per heavy atom. The number of hydrogen-bond donors (Lipinski definition) is 10. The number of aliphatic hydroxyl groups excluding tert-OH is 9. The summed E-state index contributed by atoms with van der Waals surface area (Å²) in [6, 6.07) is 0. The molecule has 0 amide bonds. The highest BCUT2D eigenvalue weighted by Gasteiger charge is 2.83. The number of rotatable bonds is 8. The van der Waals surface area contributed by atoms with E-state index in [0.29, 0.717) is 25.7 Å². The number of aliphatic hydroxyl groups is 10. The summed E-state index contributed by atoms with van der Waals surface area (Å²) in [6.45, 7) is 13.3. The predicted octanol–water partition coefficient (Wildman–Crippen LogP) is -0.175. The third-order valence-electron chi connectivity index (χ3n) is 18.5. The summed E-state index contributed by atoms with van der Waals surface area (Å²) in [6.07, 6.45) is -13.0. The van der Waals surface area contributed by atoms with Crippen molar-refractivity contribution in [3.05, 3.63) is 0 Å². The molecule has 5 aliphatic carbocycles. The molecule has 9 aliphatic rings. The minimum Gasteiger partial charge on any atom is -0.393 e. The van der Waals surface area contributed by atoms with Crippen molar-refractivity contribution in [1.82, 2.24) is 0 Å². The molecule has 17 nitrogen and oxygen atoms in total. The maximum absolute atomic E-state index is 12.1. The highest BCUT2D eigenvalue weighted by Crippen LogP contribution is 2.87. The largest absolute Gasteiger partial charge is 0.393 e. The van der Waals surface area contributed by atoms with Crippen molar-refractivity contribution in [3.63, 3.8) is 0 Å². The SMILES string of the molecule is C[C@@H]1O[C@@H](O[C@H]2[C@H](O[C@H]3CC[C@]45C[C@]46CC[C@@]4(C)[C@@H](C[C@H](O)[C@@H]4[C@@]4(C)CC[C@@H](C(C)(C)O)O4)[C@@H]6C[C@H](O[C@@H]4OC[C@@H](O)[C@H](O)[C@H]4O)[C@H]5C3(C)C)OC[C@@H](O)[C@@H]2O)[C@H](O)[C@H](O)[C@H]1O. The first-order valence-electron chi connectivity index (χ1n) is 23.3. The molecule has 25 atom stereocenters. The van der Waals surface area contributed by atoms with E-state index in [9.17, 15) is 51.1 Å². The maximum Gasteiger partial charge on any atom is 0.187 e. The van der Waals surface area contributed by atoms with Crippen LogP contribution >= 0.6 is 0 Å². The van der Waals surface area contributed by atoms with Gasteiger partial charge in [-0.2, -0.15) is 0 Å². The van der Waals surface area contributed by atoms with Gasteiger partial charge in [-0.3, -0.25) is 0 Å². The molecule has 9 fully saturated rings. The first-order chi connectivity index (χ1) is 28.9. The van der Waals surface area contributed by atoms with E-state index < -0.39 is 115 Å². The van der Waals surface area contributed by atoms with Crippen LogP contribution in [-0.2, 0) is 33.2 Å². The number of ether oxygens (including phenoxy) is 7. The first kappa shape index (κ1) is 46.4. The van der Waals surface area contributed by atoms with E-state index in [0.717, 1.165) is 32.1 Å². The minimum absolute atomic E-state index is 0.0583. The average molecular weight is 887 g/mol. The van der Waals surface area contributed by atoms with Crippen LogP contribution in [0, 0.1) is 45.3 Å². The third-order valence-corrected chi connectivity index (χ3v) is 18.5. The van der Waals surface area contributed by atoms with Crippen molar-refractivity contribution in [3.8, 4) is 0 Å². The van der Waals surface area contributed by atoms with Gasteiger partial charge in [-0.05, 0) is 125 Å². The lowest BCUT2D eigenvalue weighted by Gasteiger charge is -2.62. The Morgan fingerprint density at radius 2 is 1.26 bits per heavy atom. The second-order valence-electron chi connectivity index (χ2n) is 22.8. The van der Waals surface area contributed by atoms with Gasteiger partial charge in [0, 0.05) is 5.92 Å². The van der Waals surface area contributed by atoms with Crippen LogP contribution in [0.25, 0.3) is 0 Å². The molecule has 62 heavy (non-hydrogen) atoms. The third kappa shape index (κ3) is 6.96. The van der Waals surface area contributed by atoms with Crippen LogP contribution in [0.2, 0.25) is 0 Å². The van der Waals surface area contributed by atoms with Gasteiger partial charge in [-0.25, -0.2) is 0 Å². The summed E-state index contributed by atoms with van der Waals surface area (Å²) >= 11 is 0. The molecular weight excluding hydrogens is 812 g/mol. The fourth-order valence-corrected chi connectivity index (χ4v) is 15.5. The van der Waals surface area contributed by atoms with E-state index in [-0.39, 0.29) is 59.2 Å². The van der Waals surface area contributed by atoms with E-state index in [4.69, 9.17) is 33.2 Å². The van der Waals surface area contributed by atoms with Crippen molar-refractivity contribution < 1.29 is 84.2 Å². The molecule has 2 spiro atoms. The maximum atomic E-state index is 12.1. The van der Waals surface area contributed by atoms with Gasteiger partial charge in [0.05, 0.1) is 54.9 Å². The van der Waals surface area contributed by atoms with Crippen LogP contribution in [0.5, 0.6) is 0 Å². The molecule has 0 unspecified atom stereocenters. The molecule has 17 heteroatoms. The Kier molecular flexibility index (Phi) is 11.7. The van der Waals surface area contributed by atoms with Gasteiger partial charge in [-0.1, -0.05) is 20.8 Å². The van der Waals surface area contributed by atoms with Crippen LogP contribution in [0.3, 0.4) is 0 Å². The van der Waals surface area contributed by atoms with Crippen molar-refractivity contribution in [2.45, 2.75) is 222 Å². The van der Waals surface area contributed by atoms with Gasteiger partial charge in [0.15, 0.2) is 18.9 Å². The fraction of sp³-hybridized carbons (Fsp3) is 1.00. The Morgan fingerprint density at radius 3 is 1.94 bits per heavy atom. The summed E-state index contributed by atoms with van der Waals surface area (Å²) in [5.41, 5.74) is -2.82. The predicted molar refractivity (Wildman–Crippen MR) is 214 cm³/mol. The number of hydrogen-bond acceptors (Lipinski definition) is 17. The second-order valence-corrected chi connectivity index (χ2v) is 22.8. The van der Waals surface area contributed by atoms with Crippen molar-refractivity contribution in [2.24, 2.45) is 45.3 Å². The lowest BCUT2D eigenvalue weighted by Crippen LogP contribution is -2.64. The summed E-state index contributed by atoms with van der Waals surface area (Å²) in [4.78, 5) is 0. The zero-order chi connectivity index (χ0) is 44.9. The molecule has 0 aromatic carbocycles. The van der Waals surface area contributed by atoms with Gasteiger partial charge in [0.25, 0.3) is 0 Å². The normalized spacial score (nSPS) is 58.5. The molecule has 10 N–H and O–H groups in total. The quantitative estimate of drug-likeness (QED) is 0.142. The Labute approximate surface area is 363 Å². The monoisotopic (exact) mass is 886 g/mol. The van der Waals surface area contributed by atoms with Crippen molar-refractivity contribution in [2.75, 3.05) is 13.2 Å². The molecule has 4 saturated heterocycles. The molecular formula is C45H74O17.